The van der Waals surface area contributed by atoms with E-state index in [1.54, 1.807) is 11.8 Å². The van der Waals surface area contributed by atoms with Crippen molar-refractivity contribution < 1.29 is 23.9 Å². The molecule has 0 saturated carbocycles. The van der Waals surface area contributed by atoms with Crippen LogP contribution in [0.4, 0.5) is 9.59 Å². The highest BCUT2D eigenvalue weighted by Crippen LogP contribution is 2.12. The van der Waals surface area contributed by atoms with Crippen LogP contribution >= 0.6 is 0 Å². The summed E-state index contributed by atoms with van der Waals surface area (Å²) in [7, 11) is 0. The summed E-state index contributed by atoms with van der Waals surface area (Å²) < 4.78 is 4.92. The van der Waals surface area contributed by atoms with Crippen molar-refractivity contribution in [2.24, 2.45) is 0 Å². The van der Waals surface area contributed by atoms with E-state index < -0.39 is 18.0 Å². The van der Waals surface area contributed by atoms with Crippen LogP contribution in [0.25, 0.3) is 0 Å². The molecule has 0 aromatic heterocycles. The molecule has 0 aromatic rings. The predicted molar refractivity (Wildman–Crippen MR) is 74.8 cm³/mol. The molecule has 3 N–H and O–H groups in total. The van der Waals surface area contributed by atoms with Crippen molar-refractivity contribution in [2.75, 3.05) is 19.7 Å². The summed E-state index contributed by atoms with van der Waals surface area (Å²) >= 11 is 0. The van der Waals surface area contributed by atoms with Gasteiger partial charge in [-0.1, -0.05) is 0 Å². The van der Waals surface area contributed by atoms with Crippen LogP contribution < -0.4 is 16.0 Å². The number of carbonyl (C=O) groups is 4. The lowest BCUT2D eigenvalue weighted by Gasteiger charge is -2.31. The fourth-order valence-electron chi connectivity index (χ4n) is 2.50. The van der Waals surface area contributed by atoms with Gasteiger partial charge in [0.15, 0.2) is 0 Å². The van der Waals surface area contributed by atoms with Crippen molar-refractivity contribution in [1.82, 2.24) is 20.9 Å². The summed E-state index contributed by atoms with van der Waals surface area (Å²) in [6.07, 6.45) is 0.842. The lowest BCUT2D eigenvalue weighted by atomic mass is 10.0. The normalized spacial score (nSPS) is 22.0. The first-order chi connectivity index (χ1) is 10.5. The van der Waals surface area contributed by atoms with Crippen LogP contribution in [0.15, 0.2) is 0 Å². The van der Waals surface area contributed by atoms with Gasteiger partial charge in [-0.15, -0.1) is 0 Å². The summed E-state index contributed by atoms with van der Waals surface area (Å²) in [5.74, 6) is -0.783. The molecule has 9 heteroatoms. The van der Waals surface area contributed by atoms with Crippen molar-refractivity contribution in [3.63, 3.8) is 0 Å². The number of imide groups is 1. The number of amides is 5. The molecule has 9 nitrogen and oxygen atoms in total. The second-order valence-corrected chi connectivity index (χ2v) is 5.25. The summed E-state index contributed by atoms with van der Waals surface area (Å²) in [6.45, 7) is 3.13. The Balaban J connectivity index is 1.71. The van der Waals surface area contributed by atoms with Gasteiger partial charge in [0.1, 0.15) is 6.04 Å². The Kier molecular flexibility index (Phi) is 5.18. The smallest absolute Gasteiger partial charge is 0.409 e. The van der Waals surface area contributed by atoms with E-state index in [4.69, 9.17) is 4.74 Å². The maximum atomic E-state index is 11.9. The SMILES string of the molecule is CCOC(=O)N1CCC(NC(=O)CC2NC(=O)NC2=O)CC1. The van der Waals surface area contributed by atoms with Gasteiger partial charge in [0.25, 0.3) is 5.91 Å². The third-order valence-electron chi connectivity index (χ3n) is 3.63. The van der Waals surface area contributed by atoms with E-state index in [-0.39, 0.29) is 24.5 Å². The van der Waals surface area contributed by atoms with E-state index in [2.05, 4.69) is 16.0 Å². The van der Waals surface area contributed by atoms with Crippen molar-refractivity contribution >= 4 is 23.9 Å². The van der Waals surface area contributed by atoms with Gasteiger partial charge < -0.3 is 20.3 Å². The van der Waals surface area contributed by atoms with Gasteiger partial charge in [-0.25, -0.2) is 9.59 Å². The predicted octanol–water partition coefficient (Wildman–Crippen LogP) is -0.678. The average molecular weight is 312 g/mol. The number of ether oxygens (including phenoxy) is 1. The molecule has 2 fully saturated rings. The molecule has 0 aliphatic carbocycles. The number of urea groups is 1. The van der Waals surface area contributed by atoms with Crippen molar-refractivity contribution in [1.29, 1.82) is 0 Å². The number of hydrogen-bond donors (Lipinski definition) is 3. The number of carbonyl (C=O) groups excluding carboxylic acids is 4. The Bertz CT molecular complexity index is 473. The van der Waals surface area contributed by atoms with E-state index in [1.807, 2.05) is 0 Å². The minimum absolute atomic E-state index is 0.0432. The highest BCUT2D eigenvalue weighted by atomic mass is 16.6. The molecule has 2 aliphatic rings. The lowest BCUT2D eigenvalue weighted by molar-refractivity contribution is -0.127. The van der Waals surface area contributed by atoms with Gasteiger partial charge in [-0.05, 0) is 19.8 Å². The zero-order valence-electron chi connectivity index (χ0n) is 12.4. The molecule has 0 aromatic carbocycles. The molecule has 1 atom stereocenters. The molecule has 2 rings (SSSR count). The molecule has 0 bridgehead atoms. The number of nitrogens with zero attached hydrogens (tertiary/aromatic N) is 1. The van der Waals surface area contributed by atoms with Crippen molar-refractivity contribution in [2.45, 2.75) is 38.3 Å². The maximum absolute atomic E-state index is 11.9. The summed E-state index contributed by atoms with van der Waals surface area (Å²) in [5.41, 5.74) is 0. The van der Waals surface area contributed by atoms with E-state index in [9.17, 15) is 19.2 Å². The molecule has 22 heavy (non-hydrogen) atoms. The molecule has 2 saturated heterocycles. The van der Waals surface area contributed by atoms with Crippen molar-refractivity contribution in [3.05, 3.63) is 0 Å². The van der Waals surface area contributed by atoms with Gasteiger partial charge in [-0.2, -0.15) is 0 Å². The topological polar surface area (TPSA) is 117 Å². The molecule has 2 heterocycles. The standard InChI is InChI=1S/C13H20N4O5/c1-2-22-13(21)17-5-3-8(4-6-17)14-10(18)7-9-11(19)16-12(20)15-9/h8-9H,2-7H2,1H3,(H,14,18)(H2,15,16,19,20). The zero-order valence-corrected chi connectivity index (χ0v) is 12.4. The first kappa shape index (κ1) is 16.1. The van der Waals surface area contributed by atoms with Gasteiger partial charge in [-0.3, -0.25) is 14.9 Å². The maximum Gasteiger partial charge on any atom is 0.409 e. The minimum Gasteiger partial charge on any atom is -0.450 e. The fourth-order valence-corrected chi connectivity index (χ4v) is 2.50. The van der Waals surface area contributed by atoms with E-state index in [1.165, 1.54) is 0 Å². The van der Waals surface area contributed by atoms with E-state index in [0.717, 1.165) is 0 Å². The third-order valence-corrected chi connectivity index (χ3v) is 3.63. The number of nitrogens with one attached hydrogen (secondary N) is 3. The van der Waals surface area contributed by atoms with Crippen LogP contribution in [-0.2, 0) is 14.3 Å². The Morgan fingerprint density at radius 2 is 2.00 bits per heavy atom. The fraction of sp³-hybridized carbons (Fsp3) is 0.692. The van der Waals surface area contributed by atoms with Crippen LogP contribution in [0.5, 0.6) is 0 Å². The Labute approximate surface area is 127 Å². The van der Waals surface area contributed by atoms with Gasteiger partial charge >= 0.3 is 12.1 Å². The second-order valence-electron chi connectivity index (χ2n) is 5.25. The number of likely N-dealkylation sites (tertiary alicyclic amines) is 1. The largest absolute Gasteiger partial charge is 0.450 e. The number of hydrogen-bond acceptors (Lipinski definition) is 5. The monoisotopic (exact) mass is 312 g/mol. The molecule has 122 valence electrons. The molecule has 0 radical (unpaired) electrons. The van der Waals surface area contributed by atoms with Gasteiger partial charge in [0.2, 0.25) is 5.91 Å². The summed E-state index contributed by atoms with van der Waals surface area (Å²) in [6, 6.07) is -1.43. The molecule has 1 unspecified atom stereocenters. The van der Waals surface area contributed by atoms with E-state index >= 15 is 0 Å². The van der Waals surface area contributed by atoms with Crippen LogP contribution in [0.3, 0.4) is 0 Å². The molecule has 2 aliphatic heterocycles. The second kappa shape index (κ2) is 7.10. The van der Waals surface area contributed by atoms with Gasteiger partial charge in [0.05, 0.1) is 13.0 Å². The summed E-state index contributed by atoms with van der Waals surface area (Å²) in [5, 5.41) is 7.28. The Hall–Kier alpha value is -2.32. The Morgan fingerprint density at radius 1 is 1.32 bits per heavy atom. The Morgan fingerprint density at radius 3 is 2.55 bits per heavy atom. The molecule has 0 spiro atoms. The van der Waals surface area contributed by atoms with Crippen LogP contribution in [0.2, 0.25) is 0 Å². The first-order valence-corrected chi connectivity index (χ1v) is 7.32. The molecular weight excluding hydrogens is 292 g/mol. The van der Waals surface area contributed by atoms with Crippen molar-refractivity contribution in [3.8, 4) is 0 Å². The molecular formula is C13H20N4O5. The highest BCUT2D eigenvalue weighted by molar-refractivity contribution is 6.05. The number of piperidine rings is 1. The average Bonchev–Trinajstić information content (AvgIpc) is 2.77. The van der Waals surface area contributed by atoms with Crippen LogP contribution in [0, 0.1) is 0 Å². The number of rotatable bonds is 4. The zero-order chi connectivity index (χ0) is 16.1. The van der Waals surface area contributed by atoms with E-state index in [0.29, 0.717) is 32.5 Å². The van der Waals surface area contributed by atoms with Gasteiger partial charge in [0, 0.05) is 19.1 Å². The highest BCUT2D eigenvalue weighted by Gasteiger charge is 2.32. The molecule has 5 amide bonds. The van der Waals surface area contributed by atoms with Crippen LogP contribution in [-0.4, -0.2) is 60.6 Å². The third kappa shape index (κ3) is 4.09. The van der Waals surface area contributed by atoms with Crippen LogP contribution in [0.1, 0.15) is 26.2 Å². The quantitative estimate of drug-likeness (QED) is 0.595. The summed E-state index contributed by atoms with van der Waals surface area (Å²) in [4.78, 5) is 47.4. The first-order valence-electron chi connectivity index (χ1n) is 7.32. The minimum atomic E-state index is -0.813. The lowest BCUT2D eigenvalue weighted by Crippen LogP contribution is -2.47.